The molecule has 0 saturated carbocycles. The average molecular weight is 482 g/mol. The molecule has 0 atom stereocenters. The van der Waals surface area contributed by atoms with E-state index in [9.17, 15) is 0 Å². The van der Waals surface area contributed by atoms with Crippen LogP contribution in [0.25, 0.3) is 0 Å². The van der Waals surface area contributed by atoms with Crippen molar-refractivity contribution in [3.8, 4) is 0 Å². The largest absolute Gasteiger partial charge is 0.467 e. The number of rotatable bonds is 6. The number of guanidine groups is 1. The van der Waals surface area contributed by atoms with E-state index in [4.69, 9.17) is 4.42 Å². The number of halogens is 1. The minimum absolute atomic E-state index is 0. The number of hydrogen-bond acceptors (Lipinski definition) is 3. The number of likely N-dealkylation sites (tertiary alicyclic amines) is 1. The lowest BCUT2D eigenvalue weighted by atomic mass is 10.1. The average Bonchev–Trinajstić information content (AvgIpc) is 3.06. The van der Waals surface area contributed by atoms with Gasteiger partial charge >= 0.3 is 0 Å². The molecule has 1 aliphatic rings. The second-order valence-electron chi connectivity index (χ2n) is 6.82. The molecule has 1 aromatic heterocycles. The monoisotopic (exact) mass is 482 g/mol. The van der Waals surface area contributed by atoms with Gasteiger partial charge in [-0.1, -0.05) is 37.1 Å². The minimum atomic E-state index is 0. The highest BCUT2D eigenvalue weighted by Gasteiger charge is 2.12. The highest BCUT2D eigenvalue weighted by molar-refractivity contribution is 14.0. The molecule has 2 aromatic rings. The van der Waals surface area contributed by atoms with Crippen LogP contribution in [0, 0.1) is 0 Å². The first-order valence-electron chi connectivity index (χ1n) is 9.61. The first kappa shape index (κ1) is 21.8. The van der Waals surface area contributed by atoms with E-state index in [1.54, 1.807) is 13.3 Å². The minimum Gasteiger partial charge on any atom is -0.467 e. The van der Waals surface area contributed by atoms with Gasteiger partial charge in [-0.15, -0.1) is 24.0 Å². The van der Waals surface area contributed by atoms with Crippen LogP contribution in [-0.4, -0.2) is 31.0 Å². The van der Waals surface area contributed by atoms with Crippen LogP contribution in [-0.2, 0) is 19.6 Å². The van der Waals surface area contributed by atoms with Crippen molar-refractivity contribution in [1.29, 1.82) is 0 Å². The van der Waals surface area contributed by atoms with Crippen LogP contribution in [0.15, 0.2) is 52.1 Å². The summed E-state index contributed by atoms with van der Waals surface area (Å²) in [5.41, 5.74) is 2.74. The fourth-order valence-corrected chi connectivity index (χ4v) is 3.40. The molecule has 27 heavy (non-hydrogen) atoms. The zero-order chi connectivity index (χ0) is 18.0. The van der Waals surface area contributed by atoms with Crippen molar-refractivity contribution in [2.24, 2.45) is 4.99 Å². The molecule has 2 heterocycles. The van der Waals surface area contributed by atoms with Crippen molar-refractivity contribution in [2.75, 3.05) is 20.1 Å². The van der Waals surface area contributed by atoms with Crippen molar-refractivity contribution in [3.05, 3.63) is 59.5 Å². The van der Waals surface area contributed by atoms with Crippen LogP contribution in [0.2, 0.25) is 0 Å². The van der Waals surface area contributed by atoms with Gasteiger partial charge in [0.15, 0.2) is 5.96 Å². The molecule has 1 aliphatic heterocycles. The quantitative estimate of drug-likeness (QED) is 0.369. The van der Waals surface area contributed by atoms with Gasteiger partial charge in [0.1, 0.15) is 5.76 Å². The Labute approximate surface area is 179 Å². The van der Waals surface area contributed by atoms with Crippen LogP contribution >= 0.6 is 24.0 Å². The van der Waals surface area contributed by atoms with Crippen LogP contribution in [0.1, 0.15) is 42.6 Å². The van der Waals surface area contributed by atoms with Gasteiger partial charge in [0, 0.05) is 20.1 Å². The molecule has 6 heteroatoms. The first-order valence-corrected chi connectivity index (χ1v) is 9.61. The zero-order valence-corrected chi connectivity index (χ0v) is 18.4. The molecule has 1 aromatic carbocycles. The van der Waals surface area contributed by atoms with Crippen molar-refractivity contribution in [3.63, 3.8) is 0 Å². The number of nitrogens with zero attached hydrogens (tertiary/aromatic N) is 2. The second-order valence-corrected chi connectivity index (χ2v) is 6.82. The van der Waals surface area contributed by atoms with E-state index < -0.39 is 0 Å². The molecule has 0 unspecified atom stereocenters. The third-order valence-electron chi connectivity index (χ3n) is 4.89. The maximum absolute atomic E-state index is 5.35. The number of hydrogen-bond donors (Lipinski definition) is 2. The lowest BCUT2D eigenvalue weighted by Gasteiger charge is -2.22. The van der Waals surface area contributed by atoms with Crippen molar-refractivity contribution in [2.45, 2.75) is 45.3 Å². The fourth-order valence-electron chi connectivity index (χ4n) is 3.40. The number of nitrogens with one attached hydrogen (secondary N) is 2. The molecule has 5 nitrogen and oxygen atoms in total. The van der Waals surface area contributed by atoms with Gasteiger partial charge < -0.3 is 15.1 Å². The summed E-state index contributed by atoms with van der Waals surface area (Å²) in [4.78, 5) is 6.90. The van der Waals surface area contributed by atoms with Gasteiger partial charge in [-0.3, -0.25) is 9.89 Å². The van der Waals surface area contributed by atoms with E-state index in [0.717, 1.165) is 24.8 Å². The molecule has 0 spiro atoms. The fraction of sp³-hybridized carbons (Fsp3) is 0.476. The maximum Gasteiger partial charge on any atom is 0.191 e. The van der Waals surface area contributed by atoms with E-state index in [1.807, 2.05) is 12.1 Å². The van der Waals surface area contributed by atoms with Crippen molar-refractivity contribution >= 4 is 29.9 Å². The lowest BCUT2D eigenvalue weighted by molar-refractivity contribution is 0.276. The molecular weight excluding hydrogens is 451 g/mol. The lowest BCUT2D eigenvalue weighted by Crippen LogP contribution is -2.36. The Kier molecular flexibility index (Phi) is 9.69. The van der Waals surface area contributed by atoms with Gasteiger partial charge in [-0.25, -0.2) is 0 Å². The van der Waals surface area contributed by atoms with Crippen LogP contribution in [0.5, 0.6) is 0 Å². The topological polar surface area (TPSA) is 52.8 Å². The molecule has 2 N–H and O–H groups in total. The highest BCUT2D eigenvalue weighted by atomic mass is 127. The zero-order valence-electron chi connectivity index (χ0n) is 16.1. The second kappa shape index (κ2) is 12.0. The molecule has 0 aliphatic carbocycles. The molecule has 0 bridgehead atoms. The normalized spacial score (nSPS) is 15.7. The summed E-state index contributed by atoms with van der Waals surface area (Å²) in [7, 11) is 1.79. The van der Waals surface area contributed by atoms with Crippen LogP contribution in [0.3, 0.4) is 0 Å². The summed E-state index contributed by atoms with van der Waals surface area (Å²) in [6.45, 7) is 4.86. The molecule has 1 fully saturated rings. The van der Waals surface area contributed by atoms with Gasteiger partial charge in [0.05, 0.1) is 12.8 Å². The number of benzene rings is 1. The predicted molar refractivity (Wildman–Crippen MR) is 121 cm³/mol. The van der Waals surface area contributed by atoms with Gasteiger partial charge in [0.25, 0.3) is 0 Å². The number of furan rings is 1. The third-order valence-corrected chi connectivity index (χ3v) is 4.89. The van der Waals surface area contributed by atoms with Gasteiger partial charge in [0.2, 0.25) is 0 Å². The van der Waals surface area contributed by atoms with Gasteiger partial charge in [-0.2, -0.15) is 0 Å². The summed E-state index contributed by atoms with van der Waals surface area (Å²) in [5, 5.41) is 6.70. The van der Waals surface area contributed by atoms with E-state index in [0.29, 0.717) is 6.54 Å². The molecule has 0 radical (unpaired) electrons. The van der Waals surface area contributed by atoms with Crippen molar-refractivity contribution in [1.82, 2.24) is 15.5 Å². The van der Waals surface area contributed by atoms with E-state index in [-0.39, 0.29) is 24.0 Å². The summed E-state index contributed by atoms with van der Waals surface area (Å²) in [5.74, 6) is 1.68. The Morgan fingerprint density at radius 2 is 1.67 bits per heavy atom. The van der Waals surface area contributed by atoms with E-state index in [1.165, 1.54) is 49.9 Å². The third kappa shape index (κ3) is 7.18. The Bertz CT molecular complexity index is 679. The summed E-state index contributed by atoms with van der Waals surface area (Å²) < 4.78 is 5.35. The van der Waals surface area contributed by atoms with E-state index >= 15 is 0 Å². The number of aliphatic imine (C=N–C) groups is 1. The molecule has 0 amide bonds. The summed E-state index contributed by atoms with van der Waals surface area (Å²) in [6, 6.07) is 12.6. The molecule has 1 saturated heterocycles. The van der Waals surface area contributed by atoms with E-state index in [2.05, 4.69) is 44.8 Å². The first-order chi connectivity index (χ1) is 12.8. The Balaban J connectivity index is 0.00000261. The van der Waals surface area contributed by atoms with Crippen LogP contribution in [0.4, 0.5) is 0 Å². The summed E-state index contributed by atoms with van der Waals surface area (Å²) in [6.07, 6.45) is 7.08. The maximum atomic E-state index is 5.35. The predicted octanol–water partition coefficient (Wildman–Crippen LogP) is 4.14. The Morgan fingerprint density at radius 1 is 0.963 bits per heavy atom. The Hall–Kier alpha value is -1.54. The standard InChI is InChI=1S/C21H30N4O.HI/c1-22-21(24-16-20-11-8-14-26-20)23-15-18-9-4-5-10-19(18)17-25-12-6-2-3-7-13-25;/h4-5,8-11,14H,2-3,6-7,12-13,15-17H2,1H3,(H2,22,23,24);1H. The summed E-state index contributed by atoms with van der Waals surface area (Å²) >= 11 is 0. The molecule has 148 valence electrons. The Morgan fingerprint density at radius 3 is 2.33 bits per heavy atom. The van der Waals surface area contributed by atoms with Crippen LogP contribution < -0.4 is 10.6 Å². The van der Waals surface area contributed by atoms with Crippen molar-refractivity contribution < 1.29 is 4.42 Å². The highest BCUT2D eigenvalue weighted by Crippen LogP contribution is 2.16. The SMILES string of the molecule is CN=C(NCc1ccco1)NCc1ccccc1CN1CCCCCC1.I. The van der Waals surface area contributed by atoms with Gasteiger partial charge in [-0.05, 0) is 49.2 Å². The smallest absolute Gasteiger partial charge is 0.191 e. The molecular formula is C21H31IN4O. The molecule has 3 rings (SSSR count).